The molecule has 6 heteroatoms. The number of hydrogen-bond acceptors (Lipinski definition) is 3. The minimum atomic E-state index is -1.08. The fourth-order valence-corrected chi connectivity index (χ4v) is 2.29. The number of carbonyl (C=O) groups is 2. The molecule has 20 heavy (non-hydrogen) atoms. The van der Waals surface area contributed by atoms with Gasteiger partial charge in [-0.3, -0.25) is 4.79 Å². The topological polar surface area (TPSA) is 46.6 Å². The highest BCUT2D eigenvalue weighted by molar-refractivity contribution is 5.97. The third kappa shape index (κ3) is 2.79. The quantitative estimate of drug-likeness (QED) is 0.798. The number of carbonyl (C=O) groups excluding carboxylic acids is 2. The van der Waals surface area contributed by atoms with Gasteiger partial charge in [0.2, 0.25) is 0 Å². The summed E-state index contributed by atoms with van der Waals surface area (Å²) in [7, 11) is 0. The lowest BCUT2D eigenvalue weighted by molar-refractivity contribution is -0.147. The second-order valence-electron chi connectivity index (χ2n) is 4.54. The summed E-state index contributed by atoms with van der Waals surface area (Å²) < 4.78 is 31.0. The minimum absolute atomic E-state index is 0.0279. The molecule has 1 aliphatic heterocycles. The van der Waals surface area contributed by atoms with Crippen LogP contribution in [0.15, 0.2) is 18.2 Å². The van der Waals surface area contributed by atoms with E-state index >= 15 is 0 Å². The Balaban J connectivity index is 2.18. The summed E-state index contributed by atoms with van der Waals surface area (Å²) in [5.41, 5.74) is 0.0279. The summed E-state index contributed by atoms with van der Waals surface area (Å²) >= 11 is 0. The number of likely N-dealkylation sites (tertiary alicyclic amines) is 1. The van der Waals surface area contributed by atoms with Crippen LogP contribution in [0.4, 0.5) is 8.78 Å². The molecule has 2 rings (SSSR count). The largest absolute Gasteiger partial charge is 0.464 e. The van der Waals surface area contributed by atoms with E-state index in [1.165, 1.54) is 11.0 Å². The smallest absolute Gasteiger partial charge is 0.328 e. The Morgan fingerprint density at radius 2 is 2.10 bits per heavy atom. The first-order valence-corrected chi connectivity index (χ1v) is 6.47. The third-order valence-electron chi connectivity index (χ3n) is 3.24. The predicted octanol–water partition coefficient (Wildman–Crippen LogP) is 2.13. The maximum absolute atomic E-state index is 13.2. The lowest BCUT2D eigenvalue weighted by Gasteiger charge is -2.23. The highest BCUT2D eigenvalue weighted by Gasteiger charge is 2.35. The Labute approximate surface area is 115 Å². The van der Waals surface area contributed by atoms with Crippen LogP contribution in [-0.2, 0) is 9.53 Å². The fourth-order valence-electron chi connectivity index (χ4n) is 2.29. The van der Waals surface area contributed by atoms with Gasteiger partial charge < -0.3 is 9.64 Å². The highest BCUT2D eigenvalue weighted by atomic mass is 19.2. The summed E-state index contributed by atoms with van der Waals surface area (Å²) in [4.78, 5) is 25.4. The van der Waals surface area contributed by atoms with Crippen LogP contribution in [0.25, 0.3) is 0 Å². The second kappa shape index (κ2) is 5.98. The SMILES string of the molecule is CCOC(=O)C1CCCN1C(=O)c1ccc(F)c(F)c1. The van der Waals surface area contributed by atoms with E-state index in [0.717, 1.165) is 12.1 Å². The van der Waals surface area contributed by atoms with E-state index in [9.17, 15) is 18.4 Å². The Kier molecular flexibility index (Phi) is 4.32. The Morgan fingerprint density at radius 1 is 1.35 bits per heavy atom. The summed E-state index contributed by atoms with van der Waals surface area (Å²) in [6.07, 6.45) is 1.20. The van der Waals surface area contributed by atoms with Crippen molar-refractivity contribution in [1.82, 2.24) is 4.90 Å². The van der Waals surface area contributed by atoms with Gasteiger partial charge in [-0.05, 0) is 38.0 Å². The van der Waals surface area contributed by atoms with Gasteiger partial charge in [0.25, 0.3) is 5.91 Å². The number of rotatable bonds is 3. The average molecular weight is 283 g/mol. The van der Waals surface area contributed by atoms with Gasteiger partial charge in [0.05, 0.1) is 6.61 Å². The van der Waals surface area contributed by atoms with Crippen LogP contribution < -0.4 is 0 Å². The van der Waals surface area contributed by atoms with Crippen molar-refractivity contribution < 1.29 is 23.1 Å². The molecule has 0 spiro atoms. The summed E-state index contributed by atoms with van der Waals surface area (Å²) in [6.45, 7) is 2.33. The summed E-state index contributed by atoms with van der Waals surface area (Å²) in [5, 5.41) is 0. The molecule has 108 valence electrons. The molecule has 1 fully saturated rings. The van der Waals surface area contributed by atoms with Crippen molar-refractivity contribution in [3.05, 3.63) is 35.4 Å². The minimum Gasteiger partial charge on any atom is -0.464 e. The van der Waals surface area contributed by atoms with Crippen molar-refractivity contribution in [1.29, 1.82) is 0 Å². The van der Waals surface area contributed by atoms with E-state index in [4.69, 9.17) is 4.74 Å². The lowest BCUT2D eigenvalue weighted by atomic mass is 10.1. The molecule has 1 aromatic rings. The Bertz CT molecular complexity index is 533. The van der Waals surface area contributed by atoms with Crippen LogP contribution in [0.1, 0.15) is 30.1 Å². The predicted molar refractivity (Wildman–Crippen MR) is 67.0 cm³/mol. The molecule has 0 radical (unpaired) electrons. The molecule has 0 aromatic heterocycles. The molecule has 1 saturated heterocycles. The molecular formula is C14H15F2NO3. The maximum atomic E-state index is 13.2. The number of halogens is 2. The van der Waals surface area contributed by atoms with E-state index in [1.54, 1.807) is 6.92 Å². The van der Waals surface area contributed by atoms with Crippen molar-refractivity contribution in [2.45, 2.75) is 25.8 Å². The molecule has 4 nitrogen and oxygen atoms in total. The standard InChI is InChI=1S/C14H15F2NO3/c1-2-20-14(19)12-4-3-7-17(12)13(18)9-5-6-10(15)11(16)8-9/h5-6,8,12H,2-4,7H2,1H3. The van der Waals surface area contributed by atoms with Crippen LogP contribution in [-0.4, -0.2) is 36.0 Å². The molecule has 1 atom stereocenters. The zero-order chi connectivity index (χ0) is 14.7. The van der Waals surface area contributed by atoms with E-state index in [2.05, 4.69) is 0 Å². The zero-order valence-electron chi connectivity index (χ0n) is 11.1. The van der Waals surface area contributed by atoms with Crippen molar-refractivity contribution in [3.63, 3.8) is 0 Å². The number of benzene rings is 1. The van der Waals surface area contributed by atoms with Crippen LogP contribution in [0.2, 0.25) is 0 Å². The third-order valence-corrected chi connectivity index (χ3v) is 3.24. The van der Waals surface area contributed by atoms with Crippen LogP contribution in [0.5, 0.6) is 0 Å². The molecule has 1 aromatic carbocycles. The molecule has 1 heterocycles. The number of esters is 1. The maximum Gasteiger partial charge on any atom is 0.328 e. The van der Waals surface area contributed by atoms with Crippen LogP contribution >= 0.6 is 0 Å². The van der Waals surface area contributed by atoms with Gasteiger partial charge in [-0.1, -0.05) is 0 Å². The Hall–Kier alpha value is -1.98. The normalized spacial score (nSPS) is 18.1. The van der Waals surface area contributed by atoms with Gasteiger partial charge in [0, 0.05) is 12.1 Å². The van der Waals surface area contributed by atoms with Gasteiger partial charge >= 0.3 is 5.97 Å². The monoisotopic (exact) mass is 283 g/mol. The van der Waals surface area contributed by atoms with Crippen molar-refractivity contribution in [3.8, 4) is 0 Å². The average Bonchev–Trinajstić information content (AvgIpc) is 2.90. The van der Waals surface area contributed by atoms with E-state index < -0.39 is 29.6 Å². The van der Waals surface area contributed by atoms with Crippen LogP contribution in [0.3, 0.4) is 0 Å². The molecule has 0 bridgehead atoms. The molecule has 1 unspecified atom stereocenters. The first-order valence-electron chi connectivity index (χ1n) is 6.47. The molecule has 0 saturated carbocycles. The van der Waals surface area contributed by atoms with Crippen molar-refractivity contribution in [2.24, 2.45) is 0 Å². The van der Waals surface area contributed by atoms with E-state index in [-0.39, 0.29) is 12.2 Å². The molecule has 0 N–H and O–H groups in total. The highest BCUT2D eigenvalue weighted by Crippen LogP contribution is 2.22. The lowest BCUT2D eigenvalue weighted by Crippen LogP contribution is -2.41. The molecule has 1 aliphatic rings. The van der Waals surface area contributed by atoms with Crippen LogP contribution in [0, 0.1) is 11.6 Å². The Morgan fingerprint density at radius 3 is 2.75 bits per heavy atom. The summed E-state index contributed by atoms with van der Waals surface area (Å²) in [6, 6.07) is 2.31. The number of amides is 1. The fraction of sp³-hybridized carbons (Fsp3) is 0.429. The summed E-state index contributed by atoms with van der Waals surface area (Å²) in [5.74, 6) is -3.03. The van der Waals surface area contributed by atoms with Crippen molar-refractivity contribution >= 4 is 11.9 Å². The van der Waals surface area contributed by atoms with Gasteiger partial charge in [0.15, 0.2) is 11.6 Å². The first-order chi connectivity index (χ1) is 9.54. The van der Waals surface area contributed by atoms with E-state index in [0.29, 0.717) is 19.4 Å². The van der Waals surface area contributed by atoms with Gasteiger partial charge in [0.1, 0.15) is 6.04 Å². The van der Waals surface area contributed by atoms with E-state index in [1.807, 2.05) is 0 Å². The van der Waals surface area contributed by atoms with Gasteiger partial charge in [-0.25, -0.2) is 13.6 Å². The molecule has 0 aliphatic carbocycles. The number of ether oxygens (including phenoxy) is 1. The zero-order valence-corrected chi connectivity index (χ0v) is 11.1. The molecule has 1 amide bonds. The van der Waals surface area contributed by atoms with Gasteiger partial charge in [-0.2, -0.15) is 0 Å². The number of nitrogens with zero attached hydrogens (tertiary/aromatic N) is 1. The first kappa shape index (κ1) is 14.4. The second-order valence-corrected chi connectivity index (χ2v) is 4.54. The number of hydrogen-bond donors (Lipinski definition) is 0. The van der Waals surface area contributed by atoms with Crippen molar-refractivity contribution in [2.75, 3.05) is 13.2 Å². The van der Waals surface area contributed by atoms with Gasteiger partial charge in [-0.15, -0.1) is 0 Å². The molecular weight excluding hydrogens is 268 g/mol.